The Balaban J connectivity index is 1.62. The second-order valence-corrected chi connectivity index (χ2v) is 7.06. The van der Waals surface area contributed by atoms with Gasteiger partial charge >= 0.3 is 5.97 Å². The summed E-state index contributed by atoms with van der Waals surface area (Å²) in [5.41, 5.74) is 1.29. The molecule has 2 aromatic carbocycles. The molecule has 0 saturated heterocycles. The van der Waals surface area contributed by atoms with Crippen molar-refractivity contribution in [2.75, 3.05) is 5.32 Å². The molecule has 0 aliphatic heterocycles. The van der Waals surface area contributed by atoms with Crippen molar-refractivity contribution in [3.05, 3.63) is 83.6 Å². The lowest BCUT2D eigenvalue weighted by molar-refractivity contribution is -0.123. The predicted molar refractivity (Wildman–Crippen MR) is 112 cm³/mol. The number of carbonyl (C=O) groups excluding carboxylic acids is 3. The molecule has 154 valence electrons. The molecule has 30 heavy (non-hydrogen) atoms. The van der Waals surface area contributed by atoms with Crippen LogP contribution in [0.25, 0.3) is 0 Å². The van der Waals surface area contributed by atoms with Crippen molar-refractivity contribution in [1.82, 2.24) is 9.78 Å². The van der Waals surface area contributed by atoms with Gasteiger partial charge < -0.3 is 10.1 Å². The van der Waals surface area contributed by atoms with E-state index < -0.39 is 18.0 Å². The average Bonchev–Trinajstić information content (AvgIpc) is 3.22. The van der Waals surface area contributed by atoms with Crippen LogP contribution in [0, 0.1) is 0 Å². The molecule has 0 aliphatic carbocycles. The predicted octanol–water partition coefficient (Wildman–Crippen LogP) is 3.88. The zero-order valence-corrected chi connectivity index (χ0v) is 17.0. The molecule has 1 N–H and O–H groups in total. The highest BCUT2D eigenvalue weighted by Gasteiger charge is 2.21. The van der Waals surface area contributed by atoms with Crippen molar-refractivity contribution in [2.45, 2.75) is 32.9 Å². The molecule has 0 spiro atoms. The van der Waals surface area contributed by atoms with E-state index >= 15 is 0 Å². The maximum atomic E-state index is 12.4. The Bertz CT molecular complexity index is 1040. The maximum absolute atomic E-state index is 12.4. The summed E-state index contributed by atoms with van der Waals surface area (Å²) >= 11 is 0. The summed E-state index contributed by atoms with van der Waals surface area (Å²) in [5.74, 6) is -0.706. The van der Waals surface area contributed by atoms with Crippen LogP contribution in [0.1, 0.15) is 53.1 Å². The summed E-state index contributed by atoms with van der Waals surface area (Å²) in [4.78, 5) is 37.2. The molecule has 0 bridgehead atoms. The van der Waals surface area contributed by atoms with Crippen molar-refractivity contribution in [2.24, 2.45) is 0 Å². The van der Waals surface area contributed by atoms with Crippen LogP contribution in [0.5, 0.6) is 0 Å². The number of amides is 1. The SMILES string of the molecule is CC(C)n1nccc1NC(=O)[C@H](C)OC(=O)c1ccc(C(=O)c2ccccc2)cc1. The Morgan fingerprint density at radius 1 is 0.867 bits per heavy atom. The molecule has 3 aromatic rings. The highest BCUT2D eigenvalue weighted by Crippen LogP contribution is 2.15. The van der Waals surface area contributed by atoms with Crippen molar-refractivity contribution in [1.29, 1.82) is 0 Å². The molecule has 0 radical (unpaired) electrons. The van der Waals surface area contributed by atoms with Crippen molar-refractivity contribution >= 4 is 23.5 Å². The quantitative estimate of drug-likeness (QED) is 0.476. The molecule has 0 unspecified atom stereocenters. The molecule has 1 aromatic heterocycles. The standard InChI is InChI=1S/C23H23N3O4/c1-15(2)26-20(13-14-24-26)25-22(28)16(3)30-23(29)19-11-9-18(10-12-19)21(27)17-7-5-4-6-8-17/h4-16H,1-3H3,(H,25,28)/t16-/m0/s1. The highest BCUT2D eigenvalue weighted by molar-refractivity contribution is 6.09. The molecule has 7 heteroatoms. The summed E-state index contributed by atoms with van der Waals surface area (Å²) in [6.07, 6.45) is 0.587. The fourth-order valence-electron chi connectivity index (χ4n) is 2.85. The Kier molecular flexibility index (Phi) is 6.41. The van der Waals surface area contributed by atoms with Gasteiger partial charge in [0.2, 0.25) is 0 Å². The van der Waals surface area contributed by atoms with Crippen molar-refractivity contribution in [3.8, 4) is 0 Å². The summed E-state index contributed by atoms with van der Waals surface area (Å²) in [6, 6.07) is 16.8. The Hall–Kier alpha value is -3.74. The second kappa shape index (κ2) is 9.17. The molecule has 7 nitrogen and oxygen atoms in total. The van der Waals surface area contributed by atoms with Gasteiger partial charge in [-0.05, 0) is 32.9 Å². The van der Waals surface area contributed by atoms with Crippen molar-refractivity contribution < 1.29 is 19.1 Å². The monoisotopic (exact) mass is 405 g/mol. The Labute approximate surface area is 174 Å². The third kappa shape index (κ3) is 4.81. The molecule has 0 fully saturated rings. The number of anilines is 1. The van der Waals surface area contributed by atoms with Gasteiger partial charge in [-0.15, -0.1) is 0 Å². The first-order valence-electron chi connectivity index (χ1n) is 9.62. The lowest BCUT2D eigenvalue weighted by Gasteiger charge is -2.15. The van der Waals surface area contributed by atoms with E-state index in [2.05, 4.69) is 10.4 Å². The van der Waals surface area contributed by atoms with Gasteiger partial charge in [0.1, 0.15) is 5.82 Å². The molecule has 1 heterocycles. The molecule has 1 amide bonds. The lowest BCUT2D eigenvalue weighted by atomic mass is 10.0. The van der Waals surface area contributed by atoms with E-state index in [0.717, 1.165) is 0 Å². The number of ketones is 1. The second-order valence-electron chi connectivity index (χ2n) is 7.06. The van der Waals surface area contributed by atoms with E-state index in [0.29, 0.717) is 16.9 Å². The first-order chi connectivity index (χ1) is 14.4. The summed E-state index contributed by atoms with van der Waals surface area (Å²) in [7, 11) is 0. The summed E-state index contributed by atoms with van der Waals surface area (Å²) < 4.78 is 6.93. The number of aromatic nitrogens is 2. The van der Waals surface area contributed by atoms with E-state index in [9.17, 15) is 14.4 Å². The number of nitrogens with one attached hydrogen (secondary N) is 1. The third-order valence-corrected chi connectivity index (χ3v) is 4.48. The summed E-state index contributed by atoms with van der Waals surface area (Å²) in [5, 5.41) is 6.86. The number of carbonyl (C=O) groups is 3. The van der Waals surface area contributed by atoms with Crippen LogP contribution in [-0.4, -0.2) is 33.5 Å². The van der Waals surface area contributed by atoms with E-state index in [1.807, 2.05) is 19.9 Å². The minimum Gasteiger partial charge on any atom is -0.449 e. The average molecular weight is 405 g/mol. The number of ether oxygens (including phenoxy) is 1. The number of rotatable bonds is 7. The fraction of sp³-hybridized carbons (Fsp3) is 0.217. The van der Waals surface area contributed by atoms with Crippen LogP contribution < -0.4 is 5.32 Å². The first kappa shape index (κ1) is 21.0. The zero-order chi connectivity index (χ0) is 21.7. The zero-order valence-electron chi connectivity index (χ0n) is 17.0. The van der Waals surface area contributed by atoms with Crippen LogP contribution in [0.3, 0.4) is 0 Å². The van der Waals surface area contributed by atoms with Crippen LogP contribution in [0.4, 0.5) is 5.82 Å². The topological polar surface area (TPSA) is 90.3 Å². The van der Waals surface area contributed by atoms with E-state index in [-0.39, 0.29) is 17.4 Å². The van der Waals surface area contributed by atoms with Crippen molar-refractivity contribution in [3.63, 3.8) is 0 Å². The van der Waals surface area contributed by atoms with E-state index in [1.54, 1.807) is 53.3 Å². The fourth-order valence-corrected chi connectivity index (χ4v) is 2.85. The first-order valence-corrected chi connectivity index (χ1v) is 9.62. The minimum absolute atomic E-state index is 0.0743. The summed E-state index contributed by atoms with van der Waals surface area (Å²) in [6.45, 7) is 5.38. The van der Waals surface area contributed by atoms with Gasteiger partial charge in [0, 0.05) is 23.2 Å². The molecule has 1 atom stereocenters. The van der Waals surface area contributed by atoms with Gasteiger partial charge in [0.15, 0.2) is 11.9 Å². The maximum Gasteiger partial charge on any atom is 0.338 e. The van der Waals surface area contributed by atoms with Crippen LogP contribution in [0.2, 0.25) is 0 Å². The van der Waals surface area contributed by atoms with Gasteiger partial charge in [-0.1, -0.05) is 42.5 Å². The third-order valence-electron chi connectivity index (χ3n) is 4.48. The number of esters is 1. The normalized spacial score (nSPS) is 11.7. The largest absolute Gasteiger partial charge is 0.449 e. The van der Waals surface area contributed by atoms with E-state index in [1.165, 1.54) is 19.1 Å². The van der Waals surface area contributed by atoms with Crippen LogP contribution in [0.15, 0.2) is 66.9 Å². The highest BCUT2D eigenvalue weighted by atomic mass is 16.5. The number of benzene rings is 2. The van der Waals surface area contributed by atoms with Gasteiger partial charge in [-0.25, -0.2) is 9.48 Å². The molecule has 0 aliphatic rings. The van der Waals surface area contributed by atoms with E-state index in [4.69, 9.17) is 4.74 Å². The molecular weight excluding hydrogens is 382 g/mol. The lowest BCUT2D eigenvalue weighted by Crippen LogP contribution is -2.31. The number of hydrogen-bond donors (Lipinski definition) is 1. The molecule has 0 saturated carbocycles. The molecular formula is C23H23N3O4. The van der Waals surface area contributed by atoms with Gasteiger partial charge in [-0.3, -0.25) is 9.59 Å². The number of nitrogens with zero attached hydrogens (tertiary/aromatic N) is 2. The van der Waals surface area contributed by atoms with Crippen LogP contribution in [-0.2, 0) is 9.53 Å². The smallest absolute Gasteiger partial charge is 0.338 e. The Morgan fingerprint density at radius 2 is 1.47 bits per heavy atom. The van der Waals surface area contributed by atoms with Crippen LogP contribution >= 0.6 is 0 Å². The molecule has 3 rings (SSSR count). The van der Waals surface area contributed by atoms with Gasteiger partial charge in [0.05, 0.1) is 11.8 Å². The van der Waals surface area contributed by atoms with Gasteiger partial charge in [0.25, 0.3) is 5.91 Å². The number of hydrogen-bond acceptors (Lipinski definition) is 5. The van der Waals surface area contributed by atoms with Gasteiger partial charge in [-0.2, -0.15) is 5.10 Å². The minimum atomic E-state index is -1.00. The Morgan fingerprint density at radius 3 is 2.10 bits per heavy atom.